The lowest BCUT2D eigenvalue weighted by Gasteiger charge is -2.15. The van der Waals surface area contributed by atoms with Crippen LogP contribution in [0.4, 0.5) is 11.6 Å². The van der Waals surface area contributed by atoms with E-state index in [9.17, 15) is 0 Å². The van der Waals surface area contributed by atoms with Crippen LogP contribution in [0, 0.1) is 0 Å². The van der Waals surface area contributed by atoms with Crippen molar-refractivity contribution in [2.45, 2.75) is 38.0 Å². The van der Waals surface area contributed by atoms with E-state index in [2.05, 4.69) is 25.4 Å². The van der Waals surface area contributed by atoms with Crippen LogP contribution in [0.3, 0.4) is 0 Å². The fraction of sp³-hybridized carbons (Fsp3) is 0.600. The number of aromatic nitrogens is 4. The molecule has 0 aromatic carbocycles. The molecule has 2 heterocycles. The second-order valence-corrected chi connectivity index (χ2v) is 5.83. The summed E-state index contributed by atoms with van der Waals surface area (Å²) in [5.41, 5.74) is 0. The highest BCUT2D eigenvalue weighted by atomic mass is 16.5. The summed E-state index contributed by atoms with van der Waals surface area (Å²) in [6.45, 7) is 0.698. The largest absolute Gasteiger partial charge is 0.367 e. The molecule has 118 valence electrons. The Morgan fingerprint density at radius 1 is 1.23 bits per heavy atom. The smallest absolute Gasteiger partial charge is 0.229 e. The molecule has 2 aromatic rings. The Morgan fingerprint density at radius 3 is 2.77 bits per heavy atom. The first-order valence-corrected chi connectivity index (χ1v) is 7.78. The van der Waals surface area contributed by atoms with Crippen LogP contribution in [-0.4, -0.2) is 40.7 Å². The average molecular weight is 302 g/mol. The van der Waals surface area contributed by atoms with E-state index in [1.54, 1.807) is 12.4 Å². The van der Waals surface area contributed by atoms with Gasteiger partial charge in [-0.2, -0.15) is 4.98 Å². The Balaban J connectivity index is 1.55. The van der Waals surface area contributed by atoms with Crippen molar-refractivity contribution < 1.29 is 4.52 Å². The van der Waals surface area contributed by atoms with Crippen LogP contribution in [0.25, 0.3) is 0 Å². The van der Waals surface area contributed by atoms with Crippen molar-refractivity contribution in [3.05, 3.63) is 24.1 Å². The number of nitrogens with one attached hydrogen (secondary N) is 1. The van der Waals surface area contributed by atoms with E-state index in [-0.39, 0.29) is 0 Å². The first-order valence-electron chi connectivity index (χ1n) is 7.78. The van der Waals surface area contributed by atoms with Crippen LogP contribution in [-0.2, 0) is 6.42 Å². The number of hydrogen-bond donors (Lipinski definition) is 1. The fourth-order valence-electron chi connectivity index (χ4n) is 2.78. The molecule has 0 bridgehead atoms. The van der Waals surface area contributed by atoms with Gasteiger partial charge in [0.1, 0.15) is 0 Å². The highest BCUT2D eigenvalue weighted by Gasteiger charge is 2.22. The molecule has 1 saturated carbocycles. The number of rotatable bonds is 6. The summed E-state index contributed by atoms with van der Waals surface area (Å²) in [6, 6.07) is 0. The van der Waals surface area contributed by atoms with Gasteiger partial charge in [0.25, 0.3) is 0 Å². The predicted molar refractivity (Wildman–Crippen MR) is 84.1 cm³/mol. The zero-order valence-electron chi connectivity index (χ0n) is 13.1. The summed E-state index contributed by atoms with van der Waals surface area (Å²) in [5, 5.41) is 7.36. The SMILES string of the molecule is CN(C)c1nccnc1NCCc1noc(C2CCCC2)n1. The highest BCUT2D eigenvalue weighted by molar-refractivity contribution is 5.59. The molecule has 0 amide bonds. The molecule has 1 fully saturated rings. The quantitative estimate of drug-likeness (QED) is 0.876. The van der Waals surface area contributed by atoms with Crippen molar-refractivity contribution in [2.24, 2.45) is 0 Å². The number of nitrogens with zero attached hydrogens (tertiary/aromatic N) is 5. The summed E-state index contributed by atoms with van der Waals surface area (Å²) in [7, 11) is 3.89. The standard InChI is InChI=1S/C15H22N6O/c1-21(2)14-13(17-9-10-18-14)16-8-7-12-19-15(22-20-12)11-5-3-4-6-11/h9-11H,3-8H2,1-2H3,(H,16,17). The van der Waals surface area contributed by atoms with Crippen molar-refractivity contribution in [2.75, 3.05) is 30.9 Å². The molecule has 1 aliphatic carbocycles. The second kappa shape index (κ2) is 6.72. The summed E-state index contributed by atoms with van der Waals surface area (Å²) in [4.78, 5) is 15.1. The van der Waals surface area contributed by atoms with E-state index in [0.717, 1.165) is 23.4 Å². The van der Waals surface area contributed by atoms with Crippen molar-refractivity contribution >= 4 is 11.6 Å². The third-order valence-corrected chi connectivity index (χ3v) is 3.93. The molecule has 22 heavy (non-hydrogen) atoms. The van der Waals surface area contributed by atoms with Gasteiger partial charge < -0.3 is 14.7 Å². The van der Waals surface area contributed by atoms with E-state index in [1.165, 1.54) is 25.7 Å². The first kappa shape index (κ1) is 14.7. The Hall–Kier alpha value is -2.18. The molecule has 7 heteroatoms. The van der Waals surface area contributed by atoms with Crippen molar-refractivity contribution in [3.8, 4) is 0 Å². The molecule has 1 aliphatic rings. The van der Waals surface area contributed by atoms with Gasteiger partial charge in [0.2, 0.25) is 5.89 Å². The minimum atomic E-state index is 0.467. The van der Waals surface area contributed by atoms with E-state index in [4.69, 9.17) is 4.52 Å². The van der Waals surface area contributed by atoms with Gasteiger partial charge >= 0.3 is 0 Å². The van der Waals surface area contributed by atoms with Gasteiger partial charge in [-0.3, -0.25) is 0 Å². The van der Waals surface area contributed by atoms with Gasteiger partial charge in [-0.1, -0.05) is 18.0 Å². The molecule has 0 saturated heterocycles. The molecular weight excluding hydrogens is 280 g/mol. The maximum absolute atomic E-state index is 5.39. The lowest BCUT2D eigenvalue weighted by molar-refractivity contribution is 0.350. The first-order chi connectivity index (χ1) is 10.7. The van der Waals surface area contributed by atoms with Crippen LogP contribution >= 0.6 is 0 Å². The van der Waals surface area contributed by atoms with E-state index < -0.39 is 0 Å². The van der Waals surface area contributed by atoms with Crippen LogP contribution in [0.2, 0.25) is 0 Å². The van der Waals surface area contributed by atoms with Crippen molar-refractivity contribution in [1.82, 2.24) is 20.1 Å². The topological polar surface area (TPSA) is 80.0 Å². The maximum Gasteiger partial charge on any atom is 0.229 e. The van der Waals surface area contributed by atoms with Gasteiger partial charge in [-0.15, -0.1) is 0 Å². The lowest BCUT2D eigenvalue weighted by atomic mass is 10.1. The van der Waals surface area contributed by atoms with Crippen LogP contribution in [0.5, 0.6) is 0 Å². The molecule has 7 nitrogen and oxygen atoms in total. The predicted octanol–water partition coefficient (Wildman–Crippen LogP) is 2.24. The van der Waals surface area contributed by atoms with Crippen LogP contribution in [0.1, 0.15) is 43.3 Å². The molecule has 0 atom stereocenters. The van der Waals surface area contributed by atoms with Gasteiger partial charge in [0.15, 0.2) is 17.5 Å². The normalized spacial score (nSPS) is 15.2. The Bertz CT molecular complexity index is 606. The van der Waals surface area contributed by atoms with E-state index in [0.29, 0.717) is 18.9 Å². The Morgan fingerprint density at radius 2 is 2.00 bits per heavy atom. The fourth-order valence-corrected chi connectivity index (χ4v) is 2.78. The monoisotopic (exact) mass is 302 g/mol. The molecular formula is C15H22N6O. The summed E-state index contributed by atoms with van der Waals surface area (Å²) < 4.78 is 5.39. The summed E-state index contributed by atoms with van der Waals surface area (Å²) in [6.07, 6.45) is 8.96. The third kappa shape index (κ3) is 3.35. The molecule has 0 unspecified atom stereocenters. The molecule has 0 spiro atoms. The maximum atomic E-state index is 5.39. The lowest BCUT2D eigenvalue weighted by Crippen LogP contribution is -2.16. The molecule has 0 radical (unpaired) electrons. The molecule has 2 aromatic heterocycles. The Labute approximate surface area is 130 Å². The molecule has 3 rings (SSSR count). The molecule has 1 N–H and O–H groups in total. The minimum Gasteiger partial charge on any atom is -0.367 e. The highest BCUT2D eigenvalue weighted by Crippen LogP contribution is 2.32. The van der Waals surface area contributed by atoms with Crippen LogP contribution < -0.4 is 10.2 Å². The van der Waals surface area contributed by atoms with E-state index in [1.807, 2.05) is 19.0 Å². The zero-order valence-corrected chi connectivity index (χ0v) is 13.1. The van der Waals surface area contributed by atoms with Gasteiger partial charge in [-0.05, 0) is 12.8 Å². The minimum absolute atomic E-state index is 0.467. The van der Waals surface area contributed by atoms with Crippen molar-refractivity contribution in [1.29, 1.82) is 0 Å². The Kier molecular flexibility index (Phi) is 4.50. The van der Waals surface area contributed by atoms with E-state index >= 15 is 0 Å². The number of anilines is 2. The number of hydrogen-bond acceptors (Lipinski definition) is 7. The average Bonchev–Trinajstić information content (AvgIpc) is 3.18. The van der Waals surface area contributed by atoms with Crippen molar-refractivity contribution in [3.63, 3.8) is 0 Å². The van der Waals surface area contributed by atoms with Gasteiger partial charge in [0, 0.05) is 45.4 Å². The molecule has 0 aliphatic heterocycles. The van der Waals surface area contributed by atoms with Gasteiger partial charge in [-0.25, -0.2) is 9.97 Å². The third-order valence-electron chi connectivity index (χ3n) is 3.93. The summed E-state index contributed by atoms with van der Waals surface area (Å²) in [5.74, 6) is 3.62. The van der Waals surface area contributed by atoms with Crippen LogP contribution in [0.15, 0.2) is 16.9 Å². The van der Waals surface area contributed by atoms with Gasteiger partial charge in [0.05, 0.1) is 0 Å². The summed E-state index contributed by atoms with van der Waals surface area (Å²) >= 11 is 0. The second-order valence-electron chi connectivity index (χ2n) is 5.83. The zero-order chi connectivity index (χ0) is 15.4.